The molecule has 1 heterocycles. The van der Waals surface area contributed by atoms with Gasteiger partial charge in [0.1, 0.15) is 0 Å². The Morgan fingerprint density at radius 1 is 1.03 bits per heavy atom. The predicted molar refractivity (Wildman–Crippen MR) is 124 cm³/mol. The molecule has 2 amide bonds. The van der Waals surface area contributed by atoms with Crippen molar-refractivity contribution in [3.8, 4) is 0 Å². The minimum absolute atomic E-state index is 0.0509. The topological polar surface area (TPSA) is 98.8 Å². The second-order valence-corrected chi connectivity index (χ2v) is 9.80. The zero-order chi connectivity index (χ0) is 23.1. The van der Waals surface area contributed by atoms with Crippen LogP contribution >= 0.6 is 11.6 Å². The Kier molecular flexibility index (Phi) is 8.25. The van der Waals surface area contributed by atoms with Gasteiger partial charge in [-0.15, -0.1) is 0 Å². The van der Waals surface area contributed by atoms with Crippen LogP contribution in [-0.2, 0) is 14.8 Å². The minimum Gasteiger partial charge on any atom is -0.352 e. The van der Waals surface area contributed by atoms with Gasteiger partial charge >= 0.3 is 0 Å². The molecule has 2 N–H and O–H groups in total. The molecule has 0 spiro atoms. The Hall–Kier alpha value is -2.46. The lowest BCUT2D eigenvalue weighted by molar-refractivity contribution is -0.116. The van der Waals surface area contributed by atoms with Crippen molar-refractivity contribution >= 4 is 39.1 Å². The fraction of sp³-hybridized carbons (Fsp3) is 0.364. The quantitative estimate of drug-likeness (QED) is 0.607. The predicted octanol–water partition coefficient (Wildman–Crippen LogP) is 2.42. The summed E-state index contributed by atoms with van der Waals surface area (Å²) in [5.41, 5.74) is 0.847. The first-order chi connectivity index (χ1) is 15.3. The third-order valence-corrected chi connectivity index (χ3v) is 7.42. The molecule has 0 atom stereocenters. The van der Waals surface area contributed by atoms with Crippen LogP contribution in [0.15, 0.2) is 53.4 Å². The monoisotopic (exact) mass is 478 g/mol. The van der Waals surface area contributed by atoms with Crippen molar-refractivity contribution in [2.24, 2.45) is 0 Å². The van der Waals surface area contributed by atoms with E-state index in [4.69, 9.17) is 11.6 Å². The Balaban J connectivity index is 1.53. The van der Waals surface area contributed by atoms with Crippen molar-refractivity contribution in [2.45, 2.75) is 18.2 Å². The Labute approximate surface area is 193 Å². The van der Waals surface area contributed by atoms with E-state index < -0.39 is 10.0 Å². The van der Waals surface area contributed by atoms with Gasteiger partial charge in [0.25, 0.3) is 5.91 Å². The maximum absolute atomic E-state index is 13.0. The van der Waals surface area contributed by atoms with Crippen LogP contribution < -0.4 is 10.6 Å². The fourth-order valence-electron chi connectivity index (χ4n) is 3.39. The molecule has 2 aromatic carbocycles. The number of sulfonamides is 1. The van der Waals surface area contributed by atoms with E-state index in [0.717, 1.165) is 6.54 Å². The Bertz CT molecular complexity index is 1050. The lowest BCUT2D eigenvalue weighted by atomic mass is 10.2. The van der Waals surface area contributed by atoms with Gasteiger partial charge in [0.2, 0.25) is 15.9 Å². The molecule has 0 radical (unpaired) electrons. The van der Waals surface area contributed by atoms with Crippen LogP contribution in [0.3, 0.4) is 0 Å². The molecule has 0 aliphatic carbocycles. The molecule has 0 saturated carbocycles. The Morgan fingerprint density at radius 3 is 2.38 bits per heavy atom. The molecular weight excluding hydrogens is 452 g/mol. The number of anilines is 1. The van der Waals surface area contributed by atoms with Gasteiger partial charge in [-0.3, -0.25) is 9.59 Å². The number of carbonyl (C=O) groups is 2. The maximum Gasteiger partial charge on any atom is 0.251 e. The van der Waals surface area contributed by atoms with Gasteiger partial charge in [0.05, 0.1) is 4.90 Å². The van der Waals surface area contributed by atoms with Crippen LogP contribution in [-0.4, -0.2) is 68.7 Å². The fourth-order valence-corrected chi connectivity index (χ4v) is 4.98. The zero-order valence-electron chi connectivity index (χ0n) is 17.9. The maximum atomic E-state index is 13.0. The van der Waals surface area contributed by atoms with Gasteiger partial charge in [-0.25, -0.2) is 8.42 Å². The molecule has 1 fully saturated rings. The number of carbonyl (C=O) groups excluding carboxylic acids is 2. The molecular formula is C22H27ClN4O4S. The molecule has 1 aliphatic rings. The van der Waals surface area contributed by atoms with Crippen molar-refractivity contribution in [3.05, 3.63) is 59.1 Å². The van der Waals surface area contributed by atoms with E-state index in [-0.39, 0.29) is 29.7 Å². The summed E-state index contributed by atoms with van der Waals surface area (Å²) in [6.45, 7) is 5.39. The van der Waals surface area contributed by atoms with Gasteiger partial charge in [0.15, 0.2) is 0 Å². The summed E-state index contributed by atoms with van der Waals surface area (Å²) in [7, 11) is -3.62. The number of piperazine rings is 1. The first kappa shape index (κ1) is 24.2. The molecule has 0 bridgehead atoms. The van der Waals surface area contributed by atoms with Crippen LogP contribution in [0, 0.1) is 0 Å². The van der Waals surface area contributed by atoms with Crippen LogP contribution in [0.1, 0.15) is 23.7 Å². The van der Waals surface area contributed by atoms with Crippen molar-refractivity contribution < 1.29 is 18.0 Å². The van der Waals surface area contributed by atoms with E-state index in [2.05, 4.69) is 22.5 Å². The summed E-state index contributed by atoms with van der Waals surface area (Å²) in [6, 6.07) is 12.7. The molecule has 0 aromatic heterocycles. The molecule has 8 nitrogen and oxygen atoms in total. The van der Waals surface area contributed by atoms with Crippen molar-refractivity contribution in [1.82, 2.24) is 14.5 Å². The van der Waals surface area contributed by atoms with Crippen molar-refractivity contribution in [1.29, 1.82) is 0 Å². The molecule has 10 heteroatoms. The second-order valence-electron chi connectivity index (χ2n) is 7.43. The SMILES string of the molecule is CCN1CCN(S(=O)(=O)c2cccc(NC(=O)CCNC(=O)c3ccc(Cl)cc3)c2)CC1. The number of likely N-dealkylation sites (N-methyl/N-ethyl adjacent to an activating group) is 1. The summed E-state index contributed by atoms with van der Waals surface area (Å²) in [5.74, 6) is -0.627. The summed E-state index contributed by atoms with van der Waals surface area (Å²) in [4.78, 5) is 26.7. The first-order valence-electron chi connectivity index (χ1n) is 10.5. The smallest absolute Gasteiger partial charge is 0.251 e. The number of halogens is 1. The highest BCUT2D eigenvalue weighted by molar-refractivity contribution is 7.89. The third-order valence-electron chi connectivity index (χ3n) is 5.28. The summed E-state index contributed by atoms with van der Waals surface area (Å²) >= 11 is 5.81. The number of benzene rings is 2. The lowest BCUT2D eigenvalue weighted by Crippen LogP contribution is -2.48. The van der Waals surface area contributed by atoms with E-state index in [1.807, 2.05) is 0 Å². The van der Waals surface area contributed by atoms with E-state index in [1.54, 1.807) is 36.4 Å². The van der Waals surface area contributed by atoms with Crippen LogP contribution in [0.25, 0.3) is 0 Å². The van der Waals surface area contributed by atoms with Crippen LogP contribution in [0.5, 0.6) is 0 Å². The van der Waals surface area contributed by atoms with Crippen molar-refractivity contribution in [3.63, 3.8) is 0 Å². The zero-order valence-corrected chi connectivity index (χ0v) is 19.5. The summed E-state index contributed by atoms with van der Waals surface area (Å²) in [6.07, 6.45) is 0.0509. The van der Waals surface area contributed by atoms with Crippen LogP contribution in [0.2, 0.25) is 5.02 Å². The summed E-state index contributed by atoms with van der Waals surface area (Å²) < 4.78 is 27.4. The first-order valence-corrected chi connectivity index (χ1v) is 12.3. The lowest BCUT2D eigenvalue weighted by Gasteiger charge is -2.33. The molecule has 0 unspecified atom stereocenters. The number of hydrogen-bond donors (Lipinski definition) is 2. The third kappa shape index (κ3) is 6.29. The second kappa shape index (κ2) is 10.9. The minimum atomic E-state index is -3.62. The average Bonchev–Trinajstić information content (AvgIpc) is 2.79. The standard InChI is InChI=1S/C22H27ClN4O4S/c1-2-26-12-14-27(15-13-26)32(30,31)20-5-3-4-19(16-20)25-21(28)10-11-24-22(29)17-6-8-18(23)9-7-17/h3-9,16H,2,10-15H2,1H3,(H,24,29)(H,25,28). The van der Waals surface area contributed by atoms with Crippen LogP contribution in [0.4, 0.5) is 5.69 Å². The molecule has 1 aliphatic heterocycles. The van der Waals surface area contributed by atoms with Gasteiger partial charge in [-0.1, -0.05) is 24.6 Å². The van der Waals surface area contributed by atoms with Gasteiger partial charge in [0, 0.05) is 55.4 Å². The van der Waals surface area contributed by atoms with Gasteiger partial charge < -0.3 is 15.5 Å². The molecule has 172 valence electrons. The van der Waals surface area contributed by atoms with E-state index >= 15 is 0 Å². The largest absolute Gasteiger partial charge is 0.352 e. The average molecular weight is 479 g/mol. The molecule has 2 aromatic rings. The molecule has 1 saturated heterocycles. The Morgan fingerprint density at radius 2 is 1.72 bits per heavy atom. The highest BCUT2D eigenvalue weighted by Gasteiger charge is 2.28. The molecule has 32 heavy (non-hydrogen) atoms. The molecule has 3 rings (SSSR count). The van der Waals surface area contributed by atoms with E-state index in [1.165, 1.54) is 16.4 Å². The van der Waals surface area contributed by atoms with Gasteiger partial charge in [-0.05, 0) is 49.0 Å². The summed E-state index contributed by atoms with van der Waals surface area (Å²) in [5, 5.41) is 5.90. The number of hydrogen-bond acceptors (Lipinski definition) is 5. The van der Waals surface area contributed by atoms with E-state index in [0.29, 0.717) is 42.5 Å². The highest BCUT2D eigenvalue weighted by atomic mass is 35.5. The number of rotatable bonds is 8. The normalized spacial score (nSPS) is 15.3. The number of amides is 2. The van der Waals surface area contributed by atoms with Crippen molar-refractivity contribution in [2.75, 3.05) is 44.6 Å². The highest BCUT2D eigenvalue weighted by Crippen LogP contribution is 2.21. The number of nitrogens with zero attached hydrogens (tertiary/aromatic N) is 2. The van der Waals surface area contributed by atoms with Gasteiger partial charge in [-0.2, -0.15) is 4.31 Å². The number of nitrogens with one attached hydrogen (secondary N) is 2. The van der Waals surface area contributed by atoms with E-state index in [9.17, 15) is 18.0 Å².